The number of benzene rings is 2. The van der Waals surface area contributed by atoms with Crippen molar-refractivity contribution in [3.8, 4) is 28.8 Å². The first-order valence-electron chi connectivity index (χ1n) is 11.7. The van der Waals surface area contributed by atoms with E-state index in [1.54, 1.807) is 61.2 Å². The monoisotopic (exact) mass is 509 g/mol. The predicted molar refractivity (Wildman–Crippen MR) is 133 cm³/mol. The Kier molecular flexibility index (Phi) is 6.75. The standard InChI is InChI=1S/C25H27N5O5S/c1-33-19-8-10-22(34-2)21(16-19)25-28-27-23-11-12-24(29-30(23)25)35-14-13-26-36(31,32)20-9-7-17-5-3-4-6-18(17)15-20/h7-12,15-16,26H,3-6,13-14H2,1-2H3. The van der Waals surface area contributed by atoms with E-state index in [0.717, 1.165) is 31.2 Å². The van der Waals surface area contributed by atoms with Gasteiger partial charge in [0.05, 0.1) is 24.7 Å². The van der Waals surface area contributed by atoms with E-state index in [0.29, 0.717) is 34.4 Å². The number of hydrogen-bond donors (Lipinski definition) is 1. The zero-order valence-electron chi connectivity index (χ0n) is 20.1. The molecule has 0 radical (unpaired) electrons. The number of methoxy groups -OCH3 is 2. The molecule has 0 amide bonds. The molecule has 4 aromatic rings. The molecule has 5 rings (SSSR count). The fourth-order valence-electron chi connectivity index (χ4n) is 4.30. The summed E-state index contributed by atoms with van der Waals surface area (Å²) in [5.74, 6) is 1.99. The van der Waals surface area contributed by atoms with Crippen molar-refractivity contribution < 1.29 is 22.6 Å². The van der Waals surface area contributed by atoms with Gasteiger partial charge in [-0.05, 0) is 73.2 Å². The van der Waals surface area contributed by atoms with Gasteiger partial charge in [-0.1, -0.05) is 6.07 Å². The molecule has 11 heteroatoms. The molecule has 1 N–H and O–H groups in total. The fourth-order valence-corrected chi connectivity index (χ4v) is 5.36. The number of hydrogen-bond acceptors (Lipinski definition) is 8. The normalized spacial score (nSPS) is 13.4. The third kappa shape index (κ3) is 4.84. The van der Waals surface area contributed by atoms with Crippen LogP contribution < -0.4 is 18.9 Å². The van der Waals surface area contributed by atoms with Crippen LogP contribution in [0, 0.1) is 0 Å². The number of nitrogens with one attached hydrogen (secondary N) is 1. The van der Waals surface area contributed by atoms with Crippen molar-refractivity contribution in [2.45, 2.75) is 30.6 Å². The number of ether oxygens (including phenoxy) is 3. The van der Waals surface area contributed by atoms with E-state index in [9.17, 15) is 8.42 Å². The van der Waals surface area contributed by atoms with Crippen LogP contribution in [0.5, 0.6) is 17.4 Å². The van der Waals surface area contributed by atoms with Crippen molar-refractivity contribution in [1.29, 1.82) is 0 Å². The maximum atomic E-state index is 12.8. The number of fused-ring (bicyclic) bond motifs is 2. The van der Waals surface area contributed by atoms with Crippen LogP contribution in [0.4, 0.5) is 0 Å². The molecule has 1 aliphatic rings. The Hall–Kier alpha value is -3.70. The fraction of sp³-hybridized carbons (Fsp3) is 0.320. The van der Waals surface area contributed by atoms with Gasteiger partial charge in [0.15, 0.2) is 11.5 Å². The third-order valence-electron chi connectivity index (χ3n) is 6.16. The Morgan fingerprint density at radius 1 is 0.944 bits per heavy atom. The lowest BCUT2D eigenvalue weighted by atomic mass is 9.92. The van der Waals surface area contributed by atoms with E-state index >= 15 is 0 Å². The van der Waals surface area contributed by atoms with E-state index in [2.05, 4.69) is 20.0 Å². The Balaban J connectivity index is 1.28. The molecule has 36 heavy (non-hydrogen) atoms. The minimum absolute atomic E-state index is 0.0951. The Morgan fingerprint density at radius 2 is 1.78 bits per heavy atom. The first kappa shape index (κ1) is 24.0. The van der Waals surface area contributed by atoms with Crippen molar-refractivity contribution >= 4 is 15.7 Å². The summed E-state index contributed by atoms with van der Waals surface area (Å²) in [5.41, 5.74) is 3.54. The molecule has 2 aromatic carbocycles. The lowest BCUT2D eigenvalue weighted by Crippen LogP contribution is -2.28. The van der Waals surface area contributed by atoms with Gasteiger partial charge in [0.1, 0.15) is 18.1 Å². The average molecular weight is 510 g/mol. The van der Waals surface area contributed by atoms with E-state index < -0.39 is 10.0 Å². The van der Waals surface area contributed by atoms with Gasteiger partial charge in [-0.2, -0.15) is 4.52 Å². The summed E-state index contributed by atoms with van der Waals surface area (Å²) in [5, 5.41) is 12.9. The van der Waals surface area contributed by atoms with E-state index in [-0.39, 0.29) is 18.0 Å². The molecule has 0 saturated carbocycles. The SMILES string of the molecule is COc1ccc(OC)c(-c2nnc3ccc(OCCNS(=O)(=O)c4ccc5c(c4)CCCC5)nn23)c1. The summed E-state index contributed by atoms with van der Waals surface area (Å²) in [6.07, 6.45) is 4.17. The zero-order chi connectivity index (χ0) is 25.1. The van der Waals surface area contributed by atoms with Crippen molar-refractivity contribution in [1.82, 2.24) is 24.5 Å². The Bertz CT molecular complexity index is 1500. The molecular weight excluding hydrogens is 482 g/mol. The van der Waals surface area contributed by atoms with Crippen molar-refractivity contribution in [3.63, 3.8) is 0 Å². The molecule has 2 heterocycles. The predicted octanol–water partition coefficient (Wildman–Crippen LogP) is 3.04. The summed E-state index contributed by atoms with van der Waals surface area (Å²) in [4.78, 5) is 0.282. The number of nitrogens with zero attached hydrogens (tertiary/aromatic N) is 4. The zero-order valence-corrected chi connectivity index (χ0v) is 20.9. The summed E-state index contributed by atoms with van der Waals surface area (Å²) < 4.78 is 46.2. The number of sulfonamides is 1. The van der Waals surface area contributed by atoms with Gasteiger partial charge in [-0.3, -0.25) is 0 Å². The summed E-state index contributed by atoms with van der Waals surface area (Å²) >= 11 is 0. The summed E-state index contributed by atoms with van der Waals surface area (Å²) in [6.45, 7) is 0.195. The van der Waals surface area contributed by atoms with E-state index in [1.165, 1.54) is 5.56 Å². The van der Waals surface area contributed by atoms with Crippen molar-refractivity contribution in [2.24, 2.45) is 0 Å². The largest absolute Gasteiger partial charge is 0.497 e. The highest BCUT2D eigenvalue weighted by atomic mass is 32.2. The van der Waals surface area contributed by atoms with Gasteiger partial charge in [-0.25, -0.2) is 13.1 Å². The lowest BCUT2D eigenvalue weighted by Gasteiger charge is -2.16. The van der Waals surface area contributed by atoms with Gasteiger partial charge < -0.3 is 14.2 Å². The quantitative estimate of drug-likeness (QED) is 0.342. The average Bonchev–Trinajstić information content (AvgIpc) is 3.33. The topological polar surface area (TPSA) is 117 Å². The molecule has 0 saturated heterocycles. The van der Waals surface area contributed by atoms with E-state index in [1.807, 2.05) is 6.07 Å². The van der Waals surface area contributed by atoms with Crippen molar-refractivity contribution in [3.05, 3.63) is 59.7 Å². The second-order valence-corrected chi connectivity index (χ2v) is 10.2. The van der Waals surface area contributed by atoms with Gasteiger partial charge in [-0.15, -0.1) is 15.3 Å². The maximum Gasteiger partial charge on any atom is 0.240 e. The van der Waals surface area contributed by atoms with Crippen LogP contribution in [0.3, 0.4) is 0 Å². The van der Waals surface area contributed by atoms with Gasteiger partial charge in [0.2, 0.25) is 15.9 Å². The highest BCUT2D eigenvalue weighted by molar-refractivity contribution is 7.89. The molecular formula is C25H27N5O5S. The molecule has 0 unspecified atom stereocenters. The summed E-state index contributed by atoms with van der Waals surface area (Å²) in [7, 11) is -0.480. The van der Waals surface area contributed by atoms with Crippen LogP contribution in [0.15, 0.2) is 53.4 Å². The minimum atomic E-state index is -3.63. The Labute approximate surface area is 209 Å². The smallest absolute Gasteiger partial charge is 0.240 e. The van der Waals surface area contributed by atoms with Crippen LogP contribution in [0.2, 0.25) is 0 Å². The molecule has 0 bridgehead atoms. The van der Waals surface area contributed by atoms with Crippen LogP contribution in [-0.2, 0) is 22.9 Å². The van der Waals surface area contributed by atoms with Gasteiger partial charge in [0, 0.05) is 12.6 Å². The van der Waals surface area contributed by atoms with Gasteiger partial charge in [0.25, 0.3) is 0 Å². The van der Waals surface area contributed by atoms with Crippen LogP contribution in [-0.4, -0.2) is 55.6 Å². The highest BCUT2D eigenvalue weighted by Gasteiger charge is 2.18. The molecule has 0 spiro atoms. The second-order valence-electron chi connectivity index (χ2n) is 8.42. The molecule has 0 aliphatic heterocycles. The third-order valence-corrected chi connectivity index (χ3v) is 7.62. The van der Waals surface area contributed by atoms with Gasteiger partial charge >= 0.3 is 0 Å². The molecule has 1 aliphatic carbocycles. The van der Waals surface area contributed by atoms with Crippen molar-refractivity contribution in [2.75, 3.05) is 27.4 Å². The minimum Gasteiger partial charge on any atom is -0.497 e. The molecule has 188 valence electrons. The Morgan fingerprint density at radius 3 is 2.58 bits per heavy atom. The highest BCUT2D eigenvalue weighted by Crippen LogP contribution is 2.32. The molecule has 2 aromatic heterocycles. The molecule has 0 fully saturated rings. The second kappa shape index (κ2) is 10.1. The van der Waals surface area contributed by atoms with Crippen LogP contribution in [0.1, 0.15) is 24.0 Å². The summed E-state index contributed by atoms with van der Waals surface area (Å²) in [6, 6.07) is 14.1. The number of rotatable bonds is 9. The number of aryl methyl sites for hydroxylation is 2. The molecule has 0 atom stereocenters. The van der Waals surface area contributed by atoms with Crippen LogP contribution in [0.25, 0.3) is 17.0 Å². The maximum absolute atomic E-state index is 12.8. The lowest BCUT2D eigenvalue weighted by molar-refractivity contribution is 0.306. The van der Waals surface area contributed by atoms with Crippen LogP contribution >= 0.6 is 0 Å². The van der Waals surface area contributed by atoms with E-state index in [4.69, 9.17) is 14.2 Å². The first-order valence-corrected chi connectivity index (χ1v) is 13.2. The molecule has 10 nitrogen and oxygen atoms in total. The first-order chi connectivity index (χ1) is 17.5. The number of aromatic nitrogens is 4.